The zero-order valence-corrected chi connectivity index (χ0v) is 13.3. The number of benzene rings is 1. The van der Waals surface area contributed by atoms with Crippen molar-refractivity contribution in [3.05, 3.63) is 42.2 Å². The van der Waals surface area contributed by atoms with Gasteiger partial charge in [-0.2, -0.15) is 5.10 Å². The molecule has 0 radical (unpaired) electrons. The van der Waals surface area contributed by atoms with E-state index in [1.54, 1.807) is 6.20 Å². The largest absolute Gasteiger partial charge is 0.395 e. The number of amides is 1. The van der Waals surface area contributed by atoms with Crippen LogP contribution in [0.1, 0.15) is 17.4 Å². The SMILES string of the molecule is CC1CN(C(=O)c2[nH]ncc2-c2ccccc2)CCN1CCO. The van der Waals surface area contributed by atoms with Crippen molar-refractivity contribution in [2.24, 2.45) is 0 Å². The second kappa shape index (κ2) is 6.93. The Morgan fingerprint density at radius 3 is 2.83 bits per heavy atom. The lowest BCUT2D eigenvalue weighted by Crippen LogP contribution is -2.54. The molecule has 1 amide bonds. The number of hydrogen-bond acceptors (Lipinski definition) is 4. The molecule has 1 aromatic heterocycles. The predicted octanol–water partition coefficient (Wildman–Crippen LogP) is 1.22. The van der Waals surface area contributed by atoms with Crippen LogP contribution in [0.4, 0.5) is 0 Å². The van der Waals surface area contributed by atoms with Crippen molar-refractivity contribution in [1.29, 1.82) is 0 Å². The number of hydrogen-bond donors (Lipinski definition) is 2. The number of aliphatic hydroxyl groups excluding tert-OH is 1. The third kappa shape index (κ3) is 3.28. The number of carbonyl (C=O) groups excluding carboxylic acids is 1. The zero-order valence-electron chi connectivity index (χ0n) is 13.3. The summed E-state index contributed by atoms with van der Waals surface area (Å²) in [5.41, 5.74) is 2.36. The fourth-order valence-corrected chi connectivity index (χ4v) is 3.08. The van der Waals surface area contributed by atoms with Crippen LogP contribution in [0.2, 0.25) is 0 Å². The number of carbonyl (C=O) groups is 1. The third-order valence-electron chi connectivity index (χ3n) is 4.38. The minimum atomic E-state index is -0.0168. The number of piperazine rings is 1. The molecule has 0 bridgehead atoms. The molecule has 0 aliphatic carbocycles. The summed E-state index contributed by atoms with van der Waals surface area (Å²) in [6.07, 6.45) is 1.70. The van der Waals surface area contributed by atoms with E-state index in [1.807, 2.05) is 35.2 Å². The maximum absolute atomic E-state index is 12.9. The zero-order chi connectivity index (χ0) is 16.2. The Morgan fingerprint density at radius 2 is 2.13 bits per heavy atom. The minimum absolute atomic E-state index is 0.0168. The Bertz CT molecular complexity index is 656. The lowest BCUT2D eigenvalue weighted by molar-refractivity contribution is 0.0466. The van der Waals surface area contributed by atoms with E-state index in [9.17, 15) is 4.79 Å². The predicted molar refractivity (Wildman–Crippen MR) is 88.0 cm³/mol. The summed E-state index contributed by atoms with van der Waals surface area (Å²) >= 11 is 0. The maximum atomic E-state index is 12.9. The number of β-amino-alcohol motifs (C(OH)–C–C–N with tert-alkyl or cyclic N) is 1. The van der Waals surface area contributed by atoms with E-state index in [0.717, 1.165) is 17.7 Å². The standard InChI is InChI=1S/C17H22N4O2/c1-13-12-21(8-7-20(13)9-10-22)17(23)16-15(11-18-19-16)14-5-3-2-4-6-14/h2-6,11,13,22H,7-10,12H2,1H3,(H,18,19). The van der Waals surface area contributed by atoms with Gasteiger partial charge in [-0.3, -0.25) is 14.8 Å². The molecule has 2 N–H and O–H groups in total. The van der Waals surface area contributed by atoms with Crippen LogP contribution < -0.4 is 0 Å². The molecule has 2 heterocycles. The highest BCUT2D eigenvalue weighted by atomic mass is 16.3. The summed E-state index contributed by atoms with van der Waals surface area (Å²) in [7, 11) is 0. The second-order valence-corrected chi connectivity index (χ2v) is 5.88. The van der Waals surface area contributed by atoms with Crippen LogP contribution in [0.15, 0.2) is 36.5 Å². The lowest BCUT2D eigenvalue weighted by Gasteiger charge is -2.39. The van der Waals surface area contributed by atoms with Crippen LogP contribution >= 0.6 is 0 Å². The van der Waals surface area contributed by atoms with Crippen LogP contribution in [-0.2, 0) is 0 Å². The highest BCUT2D eigenvalue weighted by molar-refractivity contribution is 5.99. The van der Waals surface area contributed by atoms with E-state index in [-0.39, 0.29) is 18.6 Å². The van der Waals surface area contributed by atoms with Gasteiger partial charge in [0.15, 0.2) is 0 Å². The fraction of sp³-hybridized carbons (Fsp3) is 0.412. The Labute approximate surface area is 135 Å². The molecule has 2 aromatic rings. The number of nitrogens with one attached hydrogen (secondary N) is 1. The minimum Gasteiger partial charge on any atom is -0.395 e. The van der Waals surface area contributed by atoms with Gasteiger partial charge < -0.3 is 10.0 Å². The normalized spacial score (nSPS) is 19.0. The Morgan fingerprint density at radius 1 is 1.35 bits per heavy atom. The van der Waals surface area contributed by atoms with Crippen LogP contribution in [0, 0.1) is 0 Å². The van der Waals surface area contributed by atoms with Crippen LogP contribution in [0.5, 0.6) is 0 Å². The summed E-state index contributed by atoms with van der Waals surface area (Å²) in [4.78, 5) is 16.9. The molecule has 0 saturated carbocycles. The van der Waals surface area contributed by atoms with Crippen molar-refractivity contribution < 1.29 is 9.90 Å². The molecule has 1 saturated heterocycles. The van der Waals surface area contributed by atoms with Crippen molar-refractivity contribution >= 4 is 5.91 Å². The van der Waals surface area contributed by atoms with E-state index in [1.165, 1.54) is 0 Å². The van der Waals surface area contributed by atoms with Gasteiger partial charge in [0.25, 0.3) is 5.91 Å². The number of H-pyrrole nitrogens is 1. The van der Waals surface area contributed by atoms with Gasteiger partial charge in [0.1, 0.15) is 5.69 Å². The van der Waals surface area contributed by atoms with Crippen LogP contribution in [-0.4, -0.2) is 69.8 Å². The molecule has 1 unspecified atom stereocenters. The van der Waals surface area contributed by atoms with Crippen molar-refractivity contribution in [2.75, 3.05) is 32.8 Å². The first-order valence-electron chi connectivity index (χ1n) is 7.93. The van der Waals surface area contributed by atoms with Crippen molar-refractivity contribution in [2.45, 2.75) is 13.0 Å². The van der Waals surface area contributed by atoms with Crippen molar-refractivity contribution in [3.63, 3.8) is 0 Å². The smallest absolute Gasteiger partial charge is 0.272 e. The lowest BCUT2D eigenvalue weighted by atomic mass is 10.1. The number of aliphatic hydroxyl groups is 1. The highest BCUT2D eigenvalue weighted by Gasteiger charge is 2.28. The molecule has 1 aliphatic rings. The average molecular weight is 314 g/mol. The van der Waals surface area contributed by atoms with Gasteiger partial charge in [-0.15, -0.1) is 0 Å². The molecule has 6 nitrogen and oxygen atoms in total. The topological polar surface area (TPSA) is 72.5 Å². The maximum Gasteiger partial charge on any atom is 0.272 e. The molecule has 1 fully saturated rings. The van der Waals surface area contributed by atoms with Gasteiger partial charge >= 0.3 is 0 Å². The van der Waals surface area contributed by atoms with Gasteiger partial charge in [-0.1, -0.05) is 30.3 Å². The third-order valence-corrected chi connectivity index (χ3v) is 4.38. The molecular formula is C17H22N4O2. The molecule has 1 aliphatic heterocycles. The first-order chi connectivity index (χ1) is 11.2. The quantitative estimate of drug-likeness (QED) is 0.890. The van der Waals surface area contributed by atoms with Gasteiger partial charge in [0.2, 0.25) is 0 Å². The van der Waals surface area contributed by atoms with Crippen LogP contribution in [0.3, 0.4) is 0 Å². The molecule has 23 heavy (non-hydrogen) atoms. The average Bonchev–Trinajstić information content (AvgIpc) is 3.06. The van der Waals surface area contributed by atoms with Crippen molar-refractivity contribution in [3.8, 4) is 11.1 Å². The summed E-state index contributed by atoms with van der Waals surface area (Å²) in [5.74, 6) is -0.0168. The van der Waals surface area contributed by atoms with E-state index >= 15 is 0 Å². The molecular weight excluding hydrogens is 292 g/mol. The fourth-order valence-electron chi connectivity index (χ4n) is 3.08. The van der Waals surface area contributed by atoms with Gasteiger partial charge in [0.05, 0.1) is 12.8 Å². The molecule has 1 aromatic carbocycles. The molecule has 1 atom stereocenters. The number of aromatic amines is 1. The van der Waals surface area contributed by atoms with Gasteiger partial charge in [-0.25, -0.2) is 0 Å². The van der Waals surface area contributed by atoms with E-state index in [0.29, 0.717) is 25.3 Å². The van der Waals surface area contributed by atoms with E-state index < -0.39 is 0 Å². The molecule has 6 heteroatoms. The van der Waals surface area contributed by atoms with Crippen LogP contribution in [0.25, 0.3) is 11.1 Å². The van der Waals surface area contributed by atoms with Crippen molar-refractivity contribution in [1.82, 2.24) is 20.0 Å². The number of rotatable bonds is 4. The summed E-state index contributed by atoms with van der Waals surface area (Å²) in [6, 6.07) is 10.0. The Hall–Kier alpha value is -2.18. The summed E-state index contributed by atoms with van der Waals surface area (Å²) in [6.45, 7) is 4.99. The van der Waals surface area contributed by atoms with Gasteiger partial charge in [0, 0.05) is 37.8 Å². The number of aromatic nitrogens is 2. The second-order valence-electron chi connectivity index (χ2n) is 5.88. The summed E-state index contributed by atoms with van der Waals surface area (Å²) < 4.78 is 0. The van der Waals surface area contributed by atoms with E-state index in [4.69, 9.17) is 5.11 Å². The monoisotopic (exact) mass is 314 g/mol. The first kappa shape index (κ1) is 15.7. The molecule has 0 spiro atoms. The molecule has 122 valence electrons. The van der Waals surface area contributed by atoms with Gasteiger partial charge in [-0.05, 0) is 12.5 Å². The Kier molecular flexibility index (Phi) is 4.73. The van der Waals surface area contributed by atoms with E-state index in [2.05, 4.69) is 22.0 Å². The highest BCUT2D eigenvalue weighted by Crippen LogP contribution is 2.23. The summed E-state index contributed by atoms with van der Waals surface area (Å²) in [5, 5.41) is 16.0. The number of nitrogens with zero attached hydrogens (tertiary/aromatic N) is 3. The first-order valence-corrected chi connectivity index (χ1v) is 7.93. The Balaban J connectivity index is 1.76. The molecule has 3 rings (SSSR count).